The second-order valence-electron chi connectivity index (χ2n) is 9.38. The number of rotatable bonds is 8. The van der Waals surface area contributed by atoms with E-state index in [0.29, 0.717) is 25.2 Å². The number of nitriles is 1. The van der Waals surface area contributed by atoms with Crippen molar-refractivity contribution in [1.82, 2.24) is 14.5 Å². The molecule has 1 aromatic heterocycles. The zero-order valence-electron chi connectivity index (χ0n) is 20.3. The van der Waals surface area contributed by atoms with Crippen molar-refractivity contribution < 1.29 is 27.8 Å². The van der Waals surface area contributed by atoms with E-state index in [0.717, 1.165) is 11.3 Å². The highest BCUT2D eigenvalue weighted by Crippen LogP contribution is 2.40. The van der Waals surface area contributed by atoms with Crippen molar-refractivity contribution in [3.8, 4) is 11.8 Å². The van der Waals surface area contributed by atoms with Crippen molar-refractivity contribution in [3.05, 3.63) is 83.4 Å². The van der Waals surface area contributed by atoms with E-state index in [1.165, 1.54) is 18.2 Å². The first kappa shape index (κ1) is 26.2. The number of hydrogen-bond acceptors (Lipinski definition) is 5. The van der Waals surface area contributed by atoms with E-state index >= 15 is 0 Å². The van der Waals surface area contributed by atoms with Crippen LogP contribution in [0.2, 0.25) is 0 Å². The molecule has 2 heterocycles. The average Bonchev–Trinajstić information content (AvgIpc) is 3.33. The summed E-state index contributed by atoms with van der Waals surface area (Å²) in [4.78, 5) is 18.8. The monoisotopic (exact) mass is 512 g/mol. The molecule has 2 aromatic carbocycles. The summed E-state index contributed by atoms with van der Waals surface area (Å²) in [6.07, 6.45) is -0.793. The van der Waals surface area contributed by atoms with E-state index < -0.39 is 17.7 Å². The number of alkyl halides is 3. The number of piperidine rings is 1. The number of imidazole rings is 1. The van der Waals surface area contributed by atoms with Gasteiger partial charge in [-0.1, -0.05) is 30.3 Å². The molecule has 7 nitrogen and oxygen atoms in total. The van der Waals surface area contributed by atoms with Gasteiger partial charge in [-0.15, -0.1) is 13.2 Å². The Hall–Kier alpha value is -3.84. The van der Waals surface area contributed by atoms with Crippen LogP contribution < -0.4 is 4.74 Å². The molecule has 1 aliphatic heterocycles. The fourth-order valence-electron chi connectivity index (χ4n) is 4.92. The van der Waals surface area contributed by atoms with E-state index in [4.69, 9.17) is 5.26 Å². The molecule has 1 atom stereocenters. The number of halogens is 3. The summed E-state index contributed by atoms with van der Waals surface area (Å²) in [6, 6.07) is 15.1. The molecule has 3 aromatic rings. The lowest BCUT2D eigenvalue weighted by Gasteiger charge is -2.41. The SMILES string of the molecule is CC(c1cncn1Cc1ccc(C#N)cc1)N1CCC(Cc2ccccc2OC(F)(F)F)(C(=O)O)CC1. The minimum Gasteiger partial charge on any atom is -0.481 e. The molecule has 0 radical (unpaired) electrons. The number of likely N-dealkylation sites (tertiary alicyclic amines) is 1. The number of aromatic nitrogens is 2. The highest BCUT2D eigenvalue weighted by Gasteiger charge is 2.43. The van der Waals surface area contributed by atoms with Crippen molar-refractivity contribution in [2.75, 3.05) is 13.1 Å². The second-order valence-corrected chi connectivity index (χ2v) is 9.38. The Morgan fingerprint density at radius 2 is 1.86 bits per heavy atom. The third-order valence-electron chi connectivity index (χ3n) is 7.09. The molecule has 0 amide bonds. The first-order valence-electron chi connectivity index (χ1n) is 11.9. The zero-order chi connectivity index (χ0) is 26.6. The lowest BCUT2D eigenvalue weighted by atomic mass is 9.73. The quantitative estimate of drug-likeness (QED) is 0.448. The van der Waals surface area contributed by atoms with Gasteiger partial charge in [0.05, 0.1) is 29.1 Å². The molecular formula is C27H27F3N4O3. The molecule has 4 rings (SSSR count). The third-order valence-corrected chi connectivity index (χ3v) is 7.09. The highest BCUT2D eigenvalue weighted by molar-refractivity contribution is 5.75. The summed E-state index contributed by atoms with van der Waals surface area (Å²) in [5.74, 6) is -1.38. The predicted molar refractivity (Wildman–Crippen MR) is 129 cm³/mol. The summed E-state index contributed by atoms with van der Waals surface area (Å²) in [5.41, 5.74) is 1.61. The van der Waals surface area contributed by atoms with Crippen molar-refractivity contribution in [2.24, 2.45) is 5.41 Å². The number of carboxylic acids is 1. The van der Waals surface area contributed by atoms with Crippen LogP contribution >= 0.6 is 0 Å². The average molecular weight is 513 g/mol. The zero-order valence-corrected chi connectivity index (χ0v) is 20.3. The molecule has 0 saturated carbocycles. The number of ether oxygens (including phenoxy) is 1. The van der Waals surface area contributed by atoms with E-state index in [1.807, 2.05) is 23.6 Å². The number of hydrogen-bond donors (Lipinski definition) is 1. The molecule has 0 spiro atoms. The minimum atomic E-state index is -4.86. The molecular weight excluding hydrogens is 485 g/mol. The maximum Gasteiger partial charge on any atom is 0.573 e. The van der Waals surface area contributed by atoms with Gasteiger partial charge >= 0.3 is 12.3 Å². The molecule has 194 valence electrons. The Morgan fingerprint density at radius 1 is 1.19 bits per heavy atom. The van der Waals surface area contributed by atoms with Crippen molar-refractivity contribution in [3.63, 3.8) is 0 Å². The Morgan fingerprint density at radius 3 is 2.49 bits per heavy atom. The van der Waals surface area contributed by atoms with Gasteiger partial charge in [0.2, 0.25) is 0 Å². The molecule has 10 heteroatoms. The summed E-state index contributed by atoms with van der Waals surface area (Å²) < 4.78 is 44.8. The fourth-order valence-corrected chi connectivity index (χ4v) is 4.92. The lowest BCUT2D eigenvalue weighted by Crippen LogP contribution is -2.46. The highest BCUT2D eigenvalue weighted by atomic mass is 19.4. The normalized spacial score (nSPS) is 16.6. The Bertz CT molecular complexity index is 1270. The largest absolute Gasteiger partial charge is 0.573 e. The van der Waals surface area contributed by atoms with Gasteiger partial charge in [-0.05, 0) is 68.6 Å². The van der Waals surface area contributed by atoms with Gasteiger partial charge < -0.3 is 14.4 Å². The molecule has 1 saturated heterocycles. The van der Waals surface area contributed by atoms with Crippen LogP contribution in [0.1, 0.15) is 48.2 Å². The third kappa shape index (κ3) is 6.12. The second kappa shape index (κ2) is 10.6. The Labute approximate surface area is 212 Å². The number of para-hydroxylation sites is 1. The number of carboxylic acid groups (broad SMARTS) is 1. The molecule has 1 aliphatic rings. The predicted octanol–water partition coefficient (Wildman–Crippen LogP) is 5.17. The van der Waals surface area contributed by atoms with Gasteiger partial charge in [0, 0.05) is 18.8 Å². The Balaban J connectivity index is 1.46. The van der Waals surface area contributed by atoms with E-state index in [-0.39, 0.29) is 36.6 Å². The summed E-state index contributed by atoms with van der Waals surface area (Å²) in [6.45, 7) is 3.55. The van der Waals surface area contributed by atoms with Crippen LogP contribution in [0.3, 0.4) is 0 Å². The molecule has 1 N–H and O–H groups in total. The van der Waals surface area contributed by atoms with Crippen LogP contribution in [0.15, 0.2) is 61.1 Å². The maximum absolute atomic E-state index is 12.9. The van der Waals surface area contributed by atoms with Crippen LogP contribution in [0.25, 0.3) is 0 Å². The van der Waals surface area contributed by atoms with E-state index in [2.05, 4.69) is 20.7 Å². The van der Waals surface area contributed by atoms with Crippen LogP contribution in [0, 0.1) is 16.7 Å². The maximum atomic E-state index is 12.9. The van der Waals surface area contributed by atoms with Crippen molar-refractivity contribution >= 4 is 5.97 Å². The van der Waals surface area contributed by atoms with Gasteiger partial charge in [0.1, 0.15) is 5.75 Å². The van der Waals surface area contributed by atoms with E-state index in [9.17, 15) is 23.1 Å². The first-order valence-corrected chi connectivity index (χ1v) is 11.9. The minimum absolute atomic E-state index is 0.0477. The standard InChI is InChI=1S/C27H27F3N4O3/c1-19(23-16-32-18-34(23)17-21-8-6-20(15-31)7-9-21)33-12-10-26(11-13-33,25(35)36)14-22-4-2-3-5-24(22)37-27(28,29)30/h2-9,16,18-19H,10-14,17H2,1H3,(H,35,36). The first-order chi connectivity index (χ1) is 17.6. The molecule has 0 bridgehead atoms. The van der Waals surface area contributed by atoms with Crippen LogP contribution in [-0.2, 0) is 17.8 Å². The number of nitrogens with zero attached hydrogens (tertiary/aromatic N) is 4. The van der Waals surface area contributed by atoms with Crippen molar-refractivity contribution in [2.45, 2.75) is 45.1 Å². The Kier molecular flexibility index (Phi) is 7.55. The van der Waals surface area contributed by atoms with Gasteiger partial charge in [-0.2, -0.15) is 5.26 Å². The molecule has 1 unspecified atom stereocenters. The van der Waals surface area contributed by atoms with Gasteiger partial charge in [0.15, 0.2) is 0 Å². The number of aliphatic carboxylic acids is 1. The van der Waals surface area contributed by atoms with Gasteiger partial charge in [-0.3, -0.25) is 9.69 Å². The van der Waals surface area contributed by atoms with Crippen molar-refractivity contribution in [1.29, 1.82) is 5.26 Å². The van der Waals surface area contributed by atoms with Crippen LogP contribution in [0.5, 0.6) is 5.75 Å². The van der Waals surface area contributed by atoms with Gasteiger partial charge in [0.25, 0.3) is 0 Å². The van der Waals surface area contributed by atoms with E-state index in [1.54, 1.807) is 30.7 Å². The van der Waals surface area contributed by atoms with Crippen LogP contribution in [0.4, 0.5) is 13.2 Å². The lowest BCUT2D eigenvalue weighted by molar-refractivity contribution is -0.275. The fraction of sp³-hybridized carbons (Fsp3) is 0.370. The molecule has 1 fully saturated rings. The summed E-state index contributed by atoms with van der Waals surface area (Å²) in [7, 11) is 0. The molecule has 0 aliphatic carbocycles. The summed E-state index contributed by atoms with van der Waals surface area (Å²) in [5, 5.41) is 19.1. The van der Waals surface area contributed by atoms with Crippen LogP contribution in [-0.4, -0.2) is 45.0 Å². The van der Waals surface area contributed by atoms with Gasteiger partial charge in [-0.25, -0.2) is 4.98 Å². The number of carbonyl (C=O) groups is 1. The topological polar surface area (TPSA) is 91.4 Å². The smallest absolute Gasteiger partial charge is 0.481 e. The number of benzene rings is 2. The summed E-state index contributed by atoms with van der Waals surface area (Å²) >= 11 is 0. The molecule has 37 heavy (non-hydrogen) atoms.